The van der Waals surface area contributed by atoms with E-state index in [1.54, 1.807) is 11.8 Å². The van der Waals surface area contributed by atoms with E-state index >= 15 is 0 Å². The number of carboxylic acids is 1. The first-order valence-electron chi connectivity index (χ1n) is 10.3. The minimum Gasteiger partial charge on any atom is -0.481 e. The molecule has 1 unspecified atom stereocenters. The van der Waals surface area contributed by atoms with Crippen LogP contribution in [-0.2, 0) is 19.1 Å². The summed E-state index contributed by atoms with van der Waals surface area (Å²) in [6.07, 6.45) is 0.919. The number of carboxylic acid groups (broad SMARTS) is 1. The minimum atomic E-state index is -1.00. The second kappa shape index (κ2) is 11.8. The van der Waals surface area contributed by atoms with Gasteiger partial charge in [-0.25, -0.2) is 0 Å². The molecule has 0 heterocycles. The highest BCUT2D eigenvalue weighted by Crippen LogP contribution is 2.24. The van der Waals surface area contributed by atoms with Crippen molar-refractivity contribution in [2.24, 2.45) is 5.92 Å². The summed E-state index contributed by atoms with van der Waals surface area (Å²) in [6.45, 7) is 4.33. The van der Waals surface area contributed by atoms with E-state index in [1.165, 1.54) is 0 Å². The molecular weight excluding hydrogens is 382 g/mol. The van der Waals surface area contributed by atoms with Gasteiger partial charge in [-0.1, -0.05) is 49.4 Å². The number of carbonyl (C=O) groups is 3. The highest BCUT2D eigenvalue weighted by molar-refractivity contribution is 5.95. The summed E-state index contributed by atoms with van der Waals surface area (Å²) in [6, 6.07) is 17.6. The third-order valence-corrected chi connectivity index (χ3v) is 4.85. The Hall–Kier alpha value is -3.15. The predicted octanol–water partition coefficient (Wildman–Crippen LogP) is 4.53. The molecule has 6 heteroatoms. The number of amides is 1. The summed E-state index contributed by atoms with van der Waals surface area (Å²) in [5.41, 5.74) is 2.83. The van der Waals surface area contributed by atoms with E-state index in [-0.39, 0.29) is 30.6 Å². The lowest BCUT2D eigenvalue weighted by atomic mass is 10.0. The van der Waals surface area contributed by atoms with Crippen LogP contribution in [0, 0.1) is 5.92 Å². The number of carbonyl (C=O) groups excluding carboxylic acids is 2. The zero-order chi connectivity index (χ0) is 21.9. The highest BCUT2D eigenvalue weighted by atomic mass is 16.5. The van der Waals surface area contributed by atoms with Crippen molar-refractivity contribution in [1.29, 1.82) is 0 Å². The molecule has 30 heavy (non-hydrogen) atoms. The Morgan fingerprint density at radius 3 is 2.20 bits per heavy atom. The molecule has 2 aromatic rings. The van der Waals surface area contributed by atoms with Crippen molar-refractivity contribution in [3.8, 4) is 11.1 Å². The fourth-order valence-corrected chi connectivity index (χ4v) is 3.17. The van der Waals surface area contributed by atoms with E-state index in [1.807, 2.05) is 61.5 Å². The molecule has 0 spiro atoms. The number of anilines is 1. The number of hydrogen-bond acceptors (Lipinski definition) is 4. The van der Waals surface area contributed by atoms with Gasteiger partial charge in [0.15, 0.2) is 0 Å². The van der Waals surface area contributed by atoms with Crippen molar-refractivity contribution >= 4 is 23.5 Å². The molecule has 2 aromatic carbocycles. The maximum absolute atomic E-state index is 12.7. The van der Waals surface area contributed by atoms with E-state index in [9.17, 15) is 14.4 Å². The van der Waals surface area contributed by atoms with Crippen molar-refractivity contribution in [2.45, 2.75) is 39.5 Å². The third kappa shape index (κ3) is 7.03. The van der Waals surface area contributed by atoms with Gasteiger partial charge in [0.1, 0.15) is 0 Å². The molecule has 1 N–H and O–H groups in total. The van der Waals surface area contributed by atoms with E-state index in [4.69, 9.17) is 9.84 Å². The largest absolute Gasteiger partial charge is 0.481 e. The van der Waals surface area contributed by atoms with E-state index in [0.717, 1.165) is 11.1 Å². The average Bonchev–Trinajstić information content (AvgIpc) is 2.76. The van der Waals surface area contributed by atoms with Crippen LogP contribution >= 0.6 is 0 Å². The SMILES string of the molecule is CCOC(=O)C(C)CCCN(C(=O)CCC(=O)O)c1ccc(-c2ccccc2)cc1. The van der Waals surface area contributed by atoms with Crippen LogP contribution in [0.2, 0.25) is 0 Å². The van der Waals surface area contributed by atoms with Crippen molar-refractivity contribution in [3.05, 3.63) is 54.6 Å². The van der Waals surface area contributed by atoms with Gasteiger partial charge >= 0.3 is 11.9 Å². The first kappa shape index (κ1) is 23.1. The predicted molar refractivity (Wildman–Crippen MR) is 116 cm³/mol. The molecule has 2 rings (SSSR count). The molecular formula is C24H29NO5. The van der Waals surface area contributed by atoms with Gasteiger partial charge in [-0.15, -0.1) is 0 Å². The molecule has 0 bridgehead atoms. The maximum Gasteiger partial charge on any atom is 0.308 e. The number of esters is 1. The fraction of sp³-hybridized carbons (Fsp3) is 0.375. The Labute approximate surface area is 177 Å². The van der Waals surface area contributed by atoms with Crippen LogP contribution in [0.1, 0.15) is 39.5 Å². The molecule has 0 aliphatic rings. The normalized spacial score (nSPS) is 11.5. The summed E-state index contributed by atoms with van der Waals surface area (Å²) >= 11 is 0. The van der Waals surface area contributed by atoms with Crippen LogP contribution in [0.15, 0.2) is 54.6 Å². The van der Waals surface area contributed by atoms with Gasteiger partial charge in [-0.2, -0.15) is 0 Å². The first-order valence-corrected chi connectivity index (χ1v) is 10.3. The lowest BCUT2D eigenvalue weighted by Gasteiger charge is -2.24. The second-order valence-corrected chi connectivity index (χ2v) is 7.15. The van der Waals surface area contributed by atoms with Crippen molar-refractivity contribution in [2.75, 3.05) is 18.1 Å². The van der Waals surface area contributed by atoms with Crippen molar-refractivity contribution < 1.29 is 24.2 Å². The van der Waals surface area contributed by atoms with E-state index in [2.05, 4.69) is 0 Å². The van der Waals surface area contributed by atoms with Gasteiger partial charge in [-0.3, -0.25) is 14.4 Å². The molecule has 0 saturated carbocycles. The third-order valence-electron chi connectivity index (χ3n) is 4.85. The molecule has 1 amide bonds. The van der Waals surface area contributed by atoms with Gasteiger partial charge in [0.25, 0.3) is 0 Å². The lowest BCUT2D eigenvalue weighted by Crippen LogP contribution is -2.32. The molecule has 1 atom stereocenters. The highest BCUT2D eigenvalue weighted by Gasteiger charge is 2.19. The number of rotatable bonds is 11. The first-order chi connectivity index (χ1) is 14.4. The van der Waals surface area contributed by atoms with Gasteiger partial charge in [-0.05, 0) is 43.0 Å². The zero-order valence-corrected chi connectivity index (χ0v) is 17.5. The Morgan fingerprint density at radius 1 is 0.967 bits per heavy atom. The summed E-state index contributed by atoms with van der Waals surface area (Å²) in [5, 5.41) is 8.92. The van der Waals surface area contributed by atoms with Crippen LogP contribution in [0.25, 0.3) is 11.1 Å². The van der Waals surface area contributed by atoms with Crippen LogP contribution in [-0.4, -0.2) is 36.1 Å². The molecule has 0 aliphatic heterocycles. The van der Waals surface area contributed by atoms with Crippen LogP contribution in [0.5, 0.6) is 0 Å². The molecule has 0 radical (unpaired) electrons. The van der Waals surface area contributed by atoms with Gasteiger partial charge in [0, 0.05) is 18.7 Å². The number of hydrogen-bond donors (Lipinski definition) is 1. The fourth-order valence-electron chi connectivity index (χ4n) is 3.17. The number of benzene rings is 2. The van der Waals surface area contributed by atoms with Crippen molar-refractivity contribution in [1.82, 2.24) is 0 Å². The maximum atomic E-state index is 12.7. The zero-order valence-electron chi connectivity index (χ0n) is 17.5. The Morgan fingerprint density at radius 2 is 1.60 bits per heavy atom. The van der Waals surface area contributed by atoms with Gasteiger partial charge in [0.05, 0.1) is 18.9 Å². The average molecular weight is 411 g/mol. The van der Waals surface area contributed by atoms with E-state index < -0.39 is 5.97 Å². The molecule has 160 valence electrons. The summed E-state index contributed by atoms with van der Waals surface area (Å²) < 4.78 is 5.03. The molecule has 0 fully saturated rings. The minimum absolute atomic E-state index is 0.0663. The molecule has 0 aromatic heterocycles. The number of nitrogens with zero attached hydrogens (tertiary/aromatic N) is 1. The van der Waals surface area contributed by atoms with Crippen LogP contribution < -0.4 is 4.90 Å². The Balaban J connectivity index is 2.09. The Bertz CT molecular complexity index is 832. The molecule has 0 aliphatic carbocycles. The Kier molecular flexibility index (Phi) is 9.06. The molecule has 6 nitrogen and oxygen atoms in total. The topological polar surface area (TPSA) is 83.9 Å². The number of ether oxygens (including phenoxy) is 1. The quantitative estimate of drug-likeness (QED) is 0.549. The number of aliphatic carboxylic acids is 1. The summed E-state index contributed by atoms with van der Waals surface area (Å²) in [5.74, 6) is -1.73. The monoisotopic (exact) mass is 411 g/mol. The van der Waals surface area contributed by atoms with E-state index in [0.29, 0.717) is 31.7 Å². The smallest absolute Gasteiger partial charge is 0.308 e. The van der Waals surface area contributed by atoms with Crippen molar-refractivity contribution in [3.63, 3.8) is 0 Å². The lowest BCUT2D eigenvalue weighted by molar-refractivity contribution is -0.147. The standard InChI is InChI=1S/C24H29NO5/c1-3-30-24(29)18(2)8-7-17-25(22(26)15-16-23(27)28)21-13-11-20(12-14-21)19-9-5-4-6-10-19/h4-6,9-14,18H,3,7-8,15-17H2,1-2H3,(H,27,28). The summed E-state index contributed by atoms with van der Waals surface area (Å²) in [4.78, 5) is 37.0. The second-order valence-electron chi connectivity index (χ2n) is 7.15. The molecule has 0 saturated heterocycles. The van der Waals surface area contributed by atoms with Gasteiger partial charge in [0.2, 0.25) is 5.91 Å². The van der Waals surface area contributed by atoms with Crippen LogP contribution in [0.3, 0.4) is 0 Å². The van der Waals surface area contributed by atoms with Gasteiger partial charge < -0.3 is 14.7 Å². The van der Waals surface area contributed by atoms with Crippen LogP contribution in [0.4, 0.5) is 5.69 Å². The summed E-state index contributed by atoms with van der Waals surface area (Å²) in [7, 11) is 0.